The lowest BCUT2D eigenvalue weighted by molar-refractivity contribution is 0.667. The molecule has 12 aromatic rings. The maximum absolute atomic E-state index is 6.44. The normalized spacial score (nSPS) is 12.3. The van der Waals surface area contributed by atoms with E-state index in [1.807, 2.05) is 36.4 Å². The highest BCUT2D eigenvalue weighted by Crippen LogP contribution is 2.46. The zero-order valence-electron chi connectivity index (χ0n) is 27.2. The Morgan fingerprint density at radius 3 is 1.86 bits per heavy atom. The molecule has 7 aromatic carbocycles. The molecule has 0 radical (unpaired) electrons. The predicted molar refractivity (Wildman–Crippen MR) is 209 cm³/mol. The van der Waals surface area contributed by atoms with E-state index in [1.165, 1.54) is 59.9 Å². The number of aromatic nitrogens is 4. The average molecular weight is 651 g/mol. The van der Waals surface area contributed by atoms with Gasteiger partial charge in [0, 0.05) is 54.5 Å². The zero-order chi connectivity index (χ0) is 33.2. The van der Waals surface area contributed by atoms with Crippen LogP contribution in [0.4, 0.5) is 0 Å². The molecule has 5 heteroatoms. The summed E-state index contributed by atoms with van der Waals surface area (Å²) in [6.07, 6.45) is 0. The molecule has 5 heterocycles. The summed E-state index contributed by atoms with van der Waals surface area (Å²) in [5.74, 6) is 0.678. The highest BCUT2D eigenvalue weighted by Gasteiger charge is 2.24. The van der Waals surface area contributed by atoms with Crippen molar-refractivity contribution in [3.8, 4) is 28.3 Å². The Labute approximate surface area is 290 Å². The van der Waals surface area contributed by atoms with E-state index in [4.69, 9.17) is 14.4 Å². The second kappa shape index (κ2) is 9.80. The Hall–Kier alpha value is -6.98. The average Bonchev–Trinajstić information content (AvgIpc) is 3.93. The molecule has 0 bridgehead atoms. The fourth-order valence-electron chi connectivity index (χ4n) is 8.51. The number of nitrogens with zero attached hydrogens (tertiary/aromatic N) is 4. The molecular weight excluding hydrogens is 625 g/mol. The summed E-state index contributed by atoms with van der Waals surface area (Å²) >= 11 is 0. The number of hydrogen-bond donors (Lipinski definition) is 0. The van der Waals surface area contributed by atoms with Crippen molar-refractivity contribution in [2.75, 3.05) is 0 Å². The van der Waals surface area contributed by atoms with Crippen LogP contribution in [-0.2, 0) is 0 Å². The molecule has 0 aliphatic rings. The first kappa shape index (κ1) is 26.9. The number of benzene rings is 7. The molecule has 0 unspecified atom stereocenters. The van der Waals surface area contributed by atoms with Crippen molar-refractivity contribution in [3.63, 3.8) is 0 Å². The second-order valence-electron chi connectivity index (χ2n) is 13.3. The largest absolute Gasteiger partial charge is 0.452 e. The molecule has 0 aliphatic heterocycles. The van der Waals surface area contributed by atoms with Crippen molar-refractivity contribution in [2.24, 2.45) is 0 Å². The smallest absolute Gasteiger partial charge is 0.180 e. The quantitative estimate of drug-likeness (QED) is 0.191. The Morgan fingerprint density at radius 2 is 1.08 bits per heavy atom. The lowest BCUT2D eigenvalue weighted by Crippen LogP contribution is -1.96. The molecule has 0 saturated heterocycles. The summed E-state index contributed by atoms with van der Waals surface area (Å²) in [4.78, 5) is 10.1. The lowest BCUT2D eigenvalue weighted by Gasteiger charge is -2.10. The van der Waals surface area contributed by atoms with E-state index >= 15 is 0 Å². The maximum atomic E-state index is 6.44. The molecule has 5 nitrogen and oxygen atoms in total. The Kier molecular flexibility index (Phi) is 5.17. The summed E-state index contributed by atoms with van der Waals surface area (Å²) in [6, 6.07) is 55.8. The third kappa shape index (κ3) is 3.54. The van der Waals surface area contributed by atoms with Gasteiger partial charge in [0.1, 0.15) is 16.8 Å². The van der Waals surface area contributed by atoms with Crippen LogP contribution in [0, 0.1) is 0 Å². The van der Waals surface area contributed by atoms with Gasteiger partial charge in [-0.25, -0.2) is 9.97 Å². The lowest BCUT2D eigenvalue weighted by atomic mass is 10.0. The standard InChI is InChI=1S/C46H26N4O/c1-2-12-28(13-3-1)46-47-42(45-43(48-46)33-17-7-11-21-39(33)51-45)27-22-24-29(25-23-27)49-36-19-9-5-15-31(36)40-38(49)26-34-30-14-4-8-18-35(30)50-37-20-10-6-16-32(37)41(40)44(34)50/h1-26H. The van der Waals surface area contributed by atoms with Crippen LogP contribution in [0.2, 0.25) is 0 Å². The summed E-state index contributed by atoms with van der Waals surface area (Å²) in [5.41, 5.74) is 12.3. The minimum absolute atomic E-state index is 0.678. The van der Waals surface area contributed by atoms with Crippen LogP contribution >= 0.6 is 0 Å². The van der Waals surface area contributed by atoms with Gasteiger partial charge in [0.05, 0.1) is 27.6 Å². The van der Waals surface area contributed by atoms with E-state index in [2.05, 4.69) is 130 Å². The SMILES string of the molecule is c1ccc(-c2nc(-c3ccc(-n4c5ccccc5c5c6c7ccccc7n7c8ccccc8c(cc54)c67)cc3)c3oc4ccccc4c3n2)cc1. The monoisotopic (exact) mass is 650 g/mol. The first-order valence-electron chi connectivity index (χ1n) is 17.3. The molecule has 5 aromatic heterocycles. The van der Waals surface area contributed by atoms with Crippen LogP contribution in [0.1, 0.15) is 0 Å². The van der Waals surface area contributed by atoms with Crippen molar-refractivity contribution in [3.05, 3.63) is 158 Å². The molecule has 0 aliphatic carbocycles. The Morgan fingerprint density at radius 1 is 0.451 bits per heavy atom. The number of fused-ring (bicyclic) bond motifs is 13. The first-order chi connectivity index (χ1) is 25.3. The van der Waals surface area contributed by atoms with Crippen LogP contribution in [0.25, 0.3) is 110 Å². The molecule has 0 atom stereocenters. The molecule has 0 amide bonds. The van der Waals surface area contributed by atoms with Gasteiger partial charge in [0.2, 0.25) is 0 Å². The highest BCUT2D eigenvalue weighted by atomic mass is 16.3. The van der Waals surface area contributed by atoms with E-state index in [-0.39, 0.29) is 0 Å². The second-order valence-corrected chi connectivity index (χ2v) is 13.3. The highest BCUT2D eigenvalue weighted by molar-refractivity contribution is 6.35. The van der Waals surface area contributed by atoms with Gasteiger partial charge in [-0.15, -0.1) is 0 Å². The first-order valence-corrected chi connectivity index (χ1v) is 17.3. The van der Waals surface area contributed by atoms with Crippen molar-refractivity contribution in [1.82, 2.24) is 18.9 Å². The van der Waals surface area contributed by atoms with Crippen molar-refractivity contribution >= 4 is 82.0 Å². The molecular formula is C46H26N4O. The maximum Gasteiger partial charge on any atom is 0.180 e. The van der Waals surface area contributed by atoms with E-state index in [0.29, 0.717) is 11.4 Å². The third-order valence-electron chi connectivity index (χ3n) is 10.7. The third-order valence-corrected chi connectivity index (χ3v) is 10.7. The minimum Gasteiger partial charge on any atom is -0.452 e. The van der Waals surface area contributed by atoms with Gasteiger partial charge in [0.15, 0.2) is 11.4 Å². The number of furan rings is 1. The fourth-order valence-corrected chi connectivity index (χ4v) is 8.51. The molecule has 0 saturated carbocycles. The van der Waals surface area contributed by atoms with Crippen LogP contribution in [0.15, 0.2) is 162 Å². The van der Waals surface area contributed by atoms with Gasteiger partial charge in [0.25, 0.3) is 0 Å². The van der Waals surface area contributed by atoms with Crippen LogP contribution < -0.4 is 0 Å². The molecule has 236 valence electrons. The molecule has 0 fully saturated rings. The summed E-state index contributed by atoms with van der Waals surface area (Å²) in [7, 11) is 0. The predicted octanol–water partition coefficient (Wildman–Crippen LogP) is 12.0. The van der Waals surface area contributed by atoms with Crippen molar-refractivity contribution < 1.29 is 4.42 Å². The van der Waals surface area contributed by atoms with Crippen molar-refractivity contribution in [1.29, 1.82) is 0 Å². The molecule has 0 N–H and O–H groups in total. The number of hydrogen-bond acceptors (Lipinski definition) is 3. The van der Waals surface area contributed by atoms with E-state index in [0.717, 1.165) is 39.0 Å². The van der Waals surface area contributed by atoms with Gasteiger partial charge in [-0.05, 0) is 48.5 Å². The van der Waals surface area contributed by atoms with Gasteiger partial charge in [-0.1, -0.05) is 109 Å². The number of rotatable bonds is 3. The van der Waals surface area contributed by atoms with Gasteiger partial charge < -0.3 is 13.4 Å². The fraction of sp³-hybridized carbons (Fsp3) is 0. The zero-order valence-corrected chi connectivity index (χ0v) is 27.2. The van der Waals surface area contributed by atoms with Gasteiger partial charge in [-0.3, -0.25) is 0 Å². The topological polar surface area (TPSA) is 48.3 Å². The molecule has 51 heavy (non-hydrogen) atoms. The van der Waals surface area contributed by atoms with Crippen LogP contribution in [0.3, 0.4) is 0 Å². The van der Waals surface area contributed by atoms with E-state index in [9.17, 15) is 0 Å². The van der Waals surface area contributed by atoms with Gasteiger partial charge in [-0.2, -0.15) is 0 Å². The van der Waals surface area contributed by atoms with E-state index in [1.54, 1.807) is 0 Å². The minimum atomic E-state index is 0.678. The van der Waals surface area contributed by atoms with Gasteiger partial charge >= 0.3 is 0 Å². The molecule has 0 spiro atoms. The Bertz CT molecular complexity index is 3350. The summed E-state index contributed by atoms with van der Waals surface area (Å²) in [5, 5.41) is 8.63. The van der Waals surface area contributed by atoms with E-state index < -0.39 is 0 Å². The van der Waals surface area contributed by atoms with Crippen LogP contribution in [0.5, 0.6) is 0 Å². The van der Waals surface area contributed by atoms with Crippen LogP contribution in [-0.4, -0.2) is 18.9 Å². The summed E-state index contributed by atoms with van der Waals surface area (Å²) < 4.78 is 11.3. The van der Waals surface area contributed by atoms with Crippen molar-refractivity contribution in [2.45, 2.75) is 0 Å². The molecule has 12 rings (SSSR count). The Balaban J connectivity index is 1.13. The summed E-state index contributed by atoms with van der Waals surface area (Å²) in [6.45, 7) is 0. The number of para-hydroxylation sites is 4.